The third kappa shape index (κ3) is 3.32. The van der Waals surface area contributed by atoms with E-state index in [1.165, 1.54) is 0 Å². The zero-order valence-electron chi connectivity index (χ0n) is 11.7. The van der Waals surface area contributed by atoms with Crippen molar-refractivity contribution >= 4 is 17.4 Å². The van der Waals surface area contributed by atoms with E-state index in [2.05, 4.69) is 21.4 Å². The molecular weight excluding hydrogens is 284 g/mol. The summed E-state index contributed by atoms with van der Waals surface area (Å²) in [6.07, 6.45) is 2.29. The van der Waals surface area contributed by atoms with Crippen molar-refractivity contribution in [2.24, 2.45) is 0 Å². The van der Waals surface area contributed by atoms with Crippen molar-refractivity contribution in [3.8, 4) is 6.07 Å². The van der Waals surface area contributed by atoms with Gasteiger partial charge in [0.15, 0.2) is 0 Å². The number of benzene rings is 1. The maximum absolute atomic E-state index is 8.82. The van der Waals surface area contributed by atoms with E-state index in [4.69, 9.17) is 16.9 Å². The number of hydrogen-bond acceptors (Lipinski definition) is 4. The highest BCUT2D eigenvalue weighted by Gasteiger charge is 2.27. The van der Waals surface area contributed by atoms with Crippen molar-refractivity contribution in [3.05, 3.63) is 52.4 Å². The van der Waals surface area contributed by atoms with Gasteiger partial charge in [0, 0.05) is 18.0 Å². The minimum absolute atomic E-state index is 0.0794. The Hall–Kier alpha value is -2.12. The van der Waals surface area contributed by atoms with E-state index in [0.29, 0.717) is 16.6 Å². The lowest BCUT2D eigenvalue weighted by molar-refractivity contribution is 0.854. The summed E-state index contributed by atoms with van der Waals surface area (Å²) in [5.41, 5.74) is 1.75. The summed E-state index contributed by atoms with van der Waals surface area (Å²) in [7, 11) is 0. The molecule has 5 heteroatoms. The molecule has 1 aromatic carbocycles. The summed E-state index contributed by atoms with van der Waals surface area (Å²) in [5.74, 6) is 2.04. The number of halogens is 1. The van der Waals surface area contributed by atoms with E-state index in [0.717, 1.165) is 30.0 Å². The SMILES string of the molecule is CC(Nc1cc(Cl)nc(C2CC2)n1)c1ccc(C#N)cc1. The molecular formula is C16H15ClN4. The van der Waals surface area contributed by atoms with Crippen molar-refractivity contribution in [3.63, 3.8) is 0 Å². The first kappa shape index (κ1) is 13.8. The molecule has 1 unspecified atom stereocenters. The molecule has 1 fully saturated rings. The highest BCUT2D eigenvalue weighted by molar-refractivity contribution is 6.29. The van der Waals surface area contributed by atoms with Crippen molar-refractivity contribution in [2.75, 3.05) is 5.32 Å². The Kier molecular flexibility index (Phi) is 3.76. The zero-order valence-corrected chi connectivity index (χ0v) is 12.4. The topological polar surface area (TPSA) is 61.6 Å². The molecule has 1 heterocycles. The molecule has 0 bridgehead atoms. The fraction of sp³-hybridized carbons (Fsp3) is 0.312. The van der Waals surface area contributed by atoms with Crippen LogP contribution in [0.5, 0.6) is 0 Å². The highest BCUT2D eigenvalue weighted by Crippen LogP contribution is 2.39. The molecule has 106 valence electrons. The molecule has 3 rings (SSSR count). The summed E-state index contributed by atoms with van der Waals surface area (Å²) in [5, 5.41) is 12.6. The van der Waals surface area contributed by atoms with Gasteiger partial charge in [0.05, 0.1) is 11.6 Å². The first-order valence-electron chi connectivity index (χ1n) is 6.97. The van der Waals surface area contributed by atoms with E-state index in [1.807, 2.05) is 31.2 Å². The first-order valence-corrected chi connectivity index (χ1v) is 7.34. The van der Waals surface area contributed by atoms with Gasteiger partial charge in [-0.15, -0.1) is 0 Å². The van der Waals surface area contributed by atoms with E-state index in [-0.39, 0.29) is 6.04 Å². The van der Waals surface area contributed by atoms with E-state index >= 15 is 0 Å². The normalized spacial score (nSPS) is 15.3. The van der Waals surface area contributed by atoms with Crippen LogP contribution in [0, 0.1) is 11.3 Å². The predicted octanol–water partition coefficient (Wildman–Crippen LogP) is 4.05. The predicted molar refractivity (Wildman–Crippen MR) is 82.2 cm³/mol. The zero-order chi connectivity index (χ0) is 14.8. The van der Waals surface area contributed by atoms with Gasteiger partial charge in [-0.3, -0.25) is 0 Å². The summed E-state index contributed by atoms with van der Waals surface area (Å²) in [6, 6.07) is 11.5. The van der Waals surface area contributed by atoms with Gasteiger partial charge in [-0.1, -0.05) is 23.7 Å². The second-order valence-corrected chi connectivity index (χ2v) is 5.70. The molecule has 1 aromatic heterocycles. The quantitative estimate of drug-likeness (QED) is 0.865. The summed E-state index contributed by atoms with van der Waals surface area (Å²) in [4.78, 5) is 8.81. The van der Waals surface area contributed by atoms with Crippen LogP contribution in [0.25, 0.3) is 0 Å². The summed E-state index contributed by atoms with van der Waals surface area (Å²) >= 11 is 6.06. The standard InChI is InChI=1S/C16H15ClN4/c1-10(12-4-2-11(9-18)3-5-12)19-15-8-14(17)20-16(21-15)13-6-7-13/h2-5,8,10,13H,6-7H2,1H3,(H,19,20,21). The minimum atomic E-state index is 0.0794. The van der Waals surface area contributed by atoms with Crippen LogP contribution in [0.2, 0.25) is 5.15 Å². The molecule has 0 aliphatic heterocycles. The number of nitrogens with zero attached hydrogens (tertiary/aromatic N) is 3. The van der Waals surface area contributed by atoms with Crippen LogP contribution in [-0.2, 0) is 0 Å². The largest absolute Gasteiger partial charge is 0.363 e. The summed E-state index contributed by atoms with van der Waals surface area (Å²) in [6.45, 7) is 2.05. The molecule has 1 aliphatic rings. The number of anilines is 1. The van der Waals surface area contributed by atoms with Gasteiger partial charge < -0.3 is 5.32 Å². The minimum Gasteiger partial charge on any atom is -0.363 e. The molecule has 0 radical (unpaired) electrons. The Balaban J connectivity index is 1.77. The molecule has 1 aliphatic carbocycles. The molecule has 1 atom stereocenters. The Bertz CT molecular complexity index is 686. The smallest absolute Gasteiger partial charge is 0.135 e. The second kappa shape index (κ2) is 5.71. The Morgan fingerprint density at radius 3 is 2.62 bits per heavy atom. The van der Waals surface area contributed by atoms with E-state index in [1.54, 1.807) is 6.07 Å². The van der Waals surface area contributed by atoms with Crippen LogP contribution in [-0.4, -0.2) is 9.97 Å². The van der Waals surface area contributed by atoms with Gasteiger partial charge in [-0.2, -0.15) is 5.26 Å². The van der Waals surface area contributed by atoms with Gasteiger partial charge in [0.1, 0.15) is 16.8 Å². The molecule has 0 spiro atoms. The average molecular weight is 299 g/mol. The molecule has 1 N–H and O–H groups in total. The maximum atomic E-state index is 8.82. The molecule has 21 heavy (non-hydrogen) atoms. The molecule has 0 amide bonds. The van der Waals surface area contributed by atoms with E-state index < -0.39 is 0 Å². The van der Waals surface area contributed by atoms with Crippen molar-refractivity contribution in [1.29, 1.82) is 5.26 Å². The summed E-state index contributed by atoms with van der Waals surface area (Å²) < 4.78 is 0. The lowest BCUT2D eigenvalue weighted by atomic mass is 10.1. The third-order valence-electron chi connectivity index (χ3n) is 3.56. The molecule has 2 aromatic rings. The van der Waals surface area contributed by atoms with Crippen molar-refractivity contribution in [2.45, 2.75) is 31.7 Å². The third-order valence-corrected chi connectivity index (χ3v) is 3.75. The lowest BCUT2D eigenvalue weighted by Gasteiger charge is -2.15. The van der Waals surface area contributed by atoms with Crippen LogP contribution in [0.4, 0.5) is 5.82 Å². The van der Waals surface area contributed by atoms with Crippen LogP contribution >= 0.6 is 11.6 Å². The van der Waals surface area contributed by atoms with Gasteiger partial charge in [-0.25, -0.2) is 9.97 Å². The maximum Gasteiger partial charge on any atom is 0.135 e. The van der Waals surface area contributed by atoms with Crippen LogP contribution in [0.1, 0.15) is 48.7 Å². The van der Waals surface area contributed by atoms with Gasteiger partial charge in [0.25, 0.3) is 0 Å². The number of rotatable bonds is 4. The lowest BCUT2D eigenvalue weighted by Crippen LogP contribution is -2.09. The average Bonchev–Trinajstić information content (AvgIpc) is 3.31. The highest BCUT2D eigenvalue weighted by atomic mass is 35.5. The number of aromatic nitrogens is 2. The monoisotopic (exact) mass is 298 g/mol. The Morgan fingerprint density at radius 1 is 1.29 bits per heavy atom. The van der Waals surface area contributed by atoms with Gasteiger partial charge >= 0.3 is 0 Å². The second-order valence-electron chi connectivity index (χ2n) is 5.31. The van der Waals surface area contributed by atoms with Crippen molar-refractivity contribution in [1.82, 2.24) is 9.97 Å². The Labute approximate surface area is 128 Å². The van der Waals surface area contributed by atoms with Crippen LogP contribution in [0.15, 0.2) is 30.3 Å². The van der Waals surface area contributed by atoms with Crippen LogP contribution in [0.3, 0.4) is 0 Å². The van der Waals surface area contributed by atoms with E-state index in [9.17, 15) is 0 Å². The molecule has 4 nitrogen and oxygen atoms in total. The Morgan fingerprint density at radius 2 is 2.00 bits per heavy atom. The fourth-order valence-electron chi connectivity index (χ4n) is 2.18. The number of nitrogens with one attached hydrogen (secondary N) is 1. The fourth-order valence-corrected chi connectivity index (χ4v) is 2.37. The van der Waals surface area contributed by atoms with Crippen LogP contribution < -0.4 is 5.32 Å². The number of nitriles is 1. The van der Waals surface area contributed by atoms with Crippen molar-refractivity contribution < 1.29 is 0 Å². The van der Waals surface area contributed by atoms with Gasteiger partial charge in [-0.05, 0) is 37.5 Å². The number of hydrogen-bond donors (Lipinski definition) is 1. The molecule has 0 saturated heterocycles. The first-order chi connectivity index (χ1) is 10.2. The van der Waals surface area contributed by atoms with Gasteiger partial charge in [0.2, 0.25) is 0 Å². The molecule has 1 saturated carbocycles.